The summed E-state index contributed by atoms with van der Waals surface area (Å²) in [5.74, 6) is 1.68. The van der Waals surface area contributed by atoms with Crippen LogP contribution >= 0.6 is 24.8 Å². The summed E-state index contributed by atoms with van der Waals surface area (Å²) in [6, 6.07) is 0.260. The molecule has 2 saturated heterocycles. The Labute approximate surface area is 159 Å². The summed E-state index contributed by atoms with van der Waals surface area (Å²) in [5.41, 5.74) is -0.109. The van der Waals surface area contributed by atoms with Crippen LogP contribution < -0.4 is 10.6 Å². The predicted octanol–water partition coefficient (Wildman–Crippen LogP) is 2.85. The SMILES string of the molecule is CC1CCCN(CC(C)NC(=O)[C@@]23CCCC[C@H]2CNC3)C1.Cl.Cl. The van der Waals surface area contributed by atoms with Gasteiger partial charge in [-0.1, -0.05) is 19.8 Å². The number of hydrogen-bond donors (Lipinski definition) is 2. The van der Waals surface area contributed by atoms with E-state index >= 15 is 0 Å². The quantitative estimate of drug-likeness (QED) is 0.788. The van der Waals surface area contributed by atoms with E-state index in [0.29, 0.717) is 11.8 Å². The van der Waals surface area contributed by atoms with Crippen molar-refractivity contribution in [3.63, 3.8) is 0 Å². The molecule has 142 valence electrons. The zero-order valence-corrected chi connectivity index (χ0v) is 16.8. The van der Waals surface area contributed by atoms with E-state index in [1.165, 1.54) is 45.2 Å². The Hall–Kier alpha value is -0.0300. The van der Waals surface area contributed by atoms with E-state index in [2.05, 4.69) is 29.4 Å². The smallest absolute Gasteiger partial charge is 0.228 e. The number of piperidine rings is 1. The fraction of sp³-hybridized carbons (Fsp3) is 0.944. The summed E-state index contributed by atoms with van der Waals surface area (Å²) in [6.45, 7) is 9.82. The topological polar surface area (TPSA) is 44.4 Å². The van der Waals surface area contributed by atoms with Crippen LogP contribution in [0.4, 0.5) is 0 Å². The van der Waals surface area contributed by atoms with E-state index < -0.39 is 0 Å². The van der Waals surface area contributed by atoms with E-state index in [9.17, 15) is 4.79 Å². The summed E-state index contributed by atoms with van der Waals surface area (Å²) < 4.78 is 0. The third-order valence-corrected chi connectivity index (χ3v) is 6.14. The van der Waals surface area contributed by atoms with Crippen molar-refractivity contribution >= 4 is 30.7 Å². The molecule has 4 nitrogen and oxygen atoms in total. The number of fused-ring (bicyclic) bond motifs is 1. The highest BCUT2D eigenvalue weighted by Gasteiger charge is 2.49. The van der Waals surface area contributed by atoms with Crippen molar-refractivity contribution < 1.29 is 4.79 Å². The molecule has 1 aliphatic carbocycles. The molecule has 0 bridgehead atoms. The minimum Gasteiger partial charge on any atom is -0.352 e. The molecule has 0 aromatic rings. The average Bonchev–Trinajstić information content (AvgIpc) is 2.92. The Morgan fingerprint density at radius 1 is 1.29 bits per heavy atom. The van der Waals surface area contributed by atoms with Gasteiger partial charge in [-0.25, -0.2) is 0 Å². The van der Waals surface area contributed by atoms with Gasteiger partial charge in [-0.2, -0.15) is 0 Å². The molecular formula is C18H35Cl2N3O. The Bertz CT molecular complexity index is 410. The maximum absolute atomic E-state index is 12.9. The molecule has 2 aliphatic heterocycles. The van der Waals surface area contributed by atoms with Gasteiger partial charge in [0.2, 0.25) is 5.91 Å². The molecule has 4 atom stereocenters. The van der Waals surface area contributed by atoms with Crippen LogP contribution in [0.3, 0.4) is 0 Å². The number of carbonyl (C=O) groups is 1. The van der Waals surface area contributed by atoms with Crippen LogP contribution in [0, 0.1) is 17.3 Å². The number of rotatable bonds is 4. The summed E-state index contributed by atoms with van der Waals surface area (Å²) >= 11 is 0. The lowest BCUT2D eigenvalue weighted by atomic mass is 9.67. The molecule has 0 spiro atoms. The first-order chi connectivity index (χ1) is 10.6. The Balaban J connectivity index is 0.00000144. The summed E-state index contributed by atoms with van der Waals surface area (Å²) in [6.07, 6.45) is 7.46. The van der Waals surface area contributed by atoms with Crippen LogP contribution in [0.25, 0.3) is 0 Å². The number of nitrogens with zero attached hydrogens (tertiary/aromatic N) is 1. The lowest BCUT2D eigenvalue weighted by Gasteiger charge is -2.39. The molecular weight excluding hydrogens is 345 g/mol. The molecule has 1 saturated carbocycles. The third-order valence-electron chi connectivity index (χ3n) is 6.14. The molecule has 0 aromatic heterocycles. The van der Waals surface area contributed by atoms with Crippen molar-refractivity contribution in [3.05, 3.63) is 0 Å². The van der Waals surface area contributed by atoms with Gasteiger partial charge in [0, 0.05) is 25.7 Å². The fourth-order valence-electron chi connectivity index (χ4n) is 4.94. The van der Waals surface area contributed by atoms with Crippen LogP contribution in [0.1, 0.15) is 52.4 Å². The summed E-state index contributed by atoms with van der Waals surface area (Å²) in [7, 11) is 0. The zero-order chi connectivity index (χ0) is 15.6. The van der Waals surface area contributed by atoms with E-state index in [1.807, 2.05) is 0 Å². The normalized spacial score (nSPS) is 34.4. The van der Waals surface area contributed by atoms with Crippen molar-refractivity contribution in [2.75, 3.05) is 32.7 Å². The number of nitrogens with one attached hydrogen (secondary N) is 2. The second-order valence-corrected chi connectivity index (χ2v) is 8.11. The number of hydrogen-bond acceptors (Lipinski definition) is 3. The van der Waals surface area contributed by atoms with Crippen molar-refractivity contribution in [1.29, 1.82) is 0 Å². The van der Waals surface area contributed by atoms with Crippen molar-refractivity contribution in [2.24, 2.45) is 17.3 Å². The monoisotopic (exact) mass is 379 g/mol. The molecule has 3 fully saturated rings. The van der Waals surface area contributed by atoms with Gasteiger partial charge in [0.05, 0.1) is 5.41 Å². The van der Waals surface area contributed by atoms with Gasteiger partial charge in [0.25, 0.3) is 0 Å². The van der Waals surface area contributed by atoms with Gasteiger partial charge in [-0.05, 0) is 57.5 Å². The Kier molecular flexibility index (Phi) is 8.81. The first kappa shape index (κ1) is 22.0. The van der Waals surface area contributed by atoms with Gasteiger partial charge in [-0.15, -0.1) is 24.8 Å². The minimum absolute atomic E-state index is 0. The Morgan fingerprint density at radius 2 is 2.08 bits per heavy atom. The molecule has 1 amide bonds. The van der Waals surface area contributed by atoms with E-state index in [4.69, 9.17) is 0 Å². The standard InChI is InChI=1S/C18H33N3O.2ClH/c1-14-6-5-9-21(11-14)12-15(2)20-17(22)18-8-4-3-7-16(18)10-19-13-18;;/h14-16,19H,3-13H2,1-2H3,(H,20,22);2*1H/t14?,15?,16-,18+;;/m0../s1. The molecule has 2 heterocycles. The lowest BCUT2D eigenvalue weighted by molar-refractivity contribution is -0.134. The highest BCUT2D eigenvalue weighted by molar-refractivity contribution is 5.85. The van der Waals surface area contributed by atoms with Gasteiger partial charge in [-0.3, -0.25) is 4.79 Å². The maximum Gasteiger partial charge on any atom is 0.228 e. The van der Waals surface area contributed by atoms with Crippen molar-refractivity contribution in [3.8, 4) is 0 Å². The molecule has 6 heteroatoms. The highest BCUT2D eigenvalue weighted by Crippen LogP contribution is 2.43. The van der Waals surface area contributed by atoms with Crippen molar-refractivity contribution in [1.82, 2.24) is 15.5 Å². The van der Waals surface area contributed by atoms with Crippen LogP contribution in [-0.2, 0) is 4.79 Å². The van der Waals surface area contributed by atoms with Crippen LogP contribution in [-0.4, -0.2) is 49.6 Å². The molecule has 2 unspecified atom stereocenters. The molecule has 2 N–H and O–H groups in total. The van der Waals surface area contributed by atoms with E-state index in [-0.39, 0.29) is 36.3 Å². The van der Waals surface area contributed by atoms with Crippen LogP contribution in [0.2, 0.25) is 0 Å². The molecule has 3 aliphatic rings. The van der Waals surface area contributed by atoms with Crippen LogP contribution in [0.5, 0.6) is 0 Å². The van der Waals surface area contributed by atoms with E-state index in [0.717, 1.165) is 32.0 Å². The number of halogens is 2. The number of likely N-dealkylation sites (tertiary alicyclic amines) is 1. The predicted molar refractivity (Wildman–Crippen MR) is 104 cm³/mol. The zero-order valence-electron chi connectivity index (χ0n) is 15.2. The van der Waals surface area contributed by atoms with E-state index in [1.54, 1.807) is 0 Å². The maximum atomic E-state index is 12.9. The van der Waals surface area contributed by atoms with Crippen molar-refractivity contribution in [2.45, 2.75) is 58.4 Å². The Morgan fingerprint density at radius 3 is 2.83 bits per heavy atom. The van der Waals surface area contributed by atoms with Gasteiger partial charge in [0.1, 0.15) is 0 Å². The molecule has 0 radical (unpaired) electrons. The average molecular weight is 380 g/mol. The van der Waals surface area contributed by atoms with Gasteiger partial charge < -0.3 is 15.5 Å². The molecule has 3 rings (SSSR count). The second kappa shape index (κ2) is 9.61. The number of amides is 1. The highest BCUT2D eigenvalue weighted by atomic mass is 35.5. The first-order valence-corrected chi connectivity index (χ1v) is 9.34. The number of carbonyl (C=O) groups excluding carboxylic acids is 1. The molecule has 0 aromatic carbocycles. The third kappa shape index (κ3) is 4.78. The minimum atomic E-state index is -0.109. The van der Waals surface area contributed by atoms with Gasteiger partial charge >= 0.3 is 0 Å². The second-order valence-electron chi connectivity index (χ2n) is 8.11. The van der Waals surface area contributed by atoms with Crippen LogP contribution in [0.15, 0.2) is 0 Å². The first-order valence-electron chi connectivity index (χ1n) is 9.34. The summed E-state index contributed by atoms with van der Waals surface area (Å²) in [5, 5.41) is 6.83. The summed E-state index contributed by atoms with van der Waals surface area (Å²) in [4.78, 5) is 15.5. The lowest BCUT2D eigenvalue weighted by Crippen LogP contribution is -2.53. The largest absolute Gasteiger partial charge is 0.352 e. The molecule has 24 heavy (non-hydrogen) atoms. The fourth-order valence-corrected chi connectivity index (χ4v) is 4.94. The van der Waals surface area contributed by atoms with Gasteiger partial charge in [0.15, 0.2) is 0 Å².